The van der Waals surface area contributed by atoms with Crippen molar-refractivity contribution < 1.29 is 14.3 Å². The summed E-state index contributed by atoms with van der Waals surface area (Å²) in [4.78, 5) is 26.9. The number of hydrogen-bond donors (Lipinski definition) is 2. The summed E-state index contributed by atoms with van der Waals surface area (Å²) < 4.78 is 5.19. The van der Waals surface area contributed by atoms with E-state index in [0.29, 0.717) is 18.7 Å². The number of benzene rings is 2. The quantitative estimate of drug-likeness (QED) is 0.755. The number of ether oxygens (including phenoxy) is 1. The Morgan fingerprint density at radius 2 is 1.97 bits per heavy atom. The van der Waals surface area contributed by atoms with Crippen molar-refractivity contribution in [1.82, 2.24) is 15.5 Å². The minimum absolute atomic E-state index is 0.00980. The SMILES string of the molecule is CCNC(=O)N1CCC[C@H](c2cccc(C(=O)N[C@H](C)c3ccc(OC)cc3)c2)C1. The molecule has 160 valence electrons. The number of likely N-dealkylation sites (tertiary alicyclic amines) is 1. The van der Waals surface area contributed by atoms with Gasteiger partial charge in [-0.1, -0.05) is 24.3 Å². The molecule has 2 N–H and O–H groups in total. The van der Waals surface area contributed by atoms with E-state index in [0.717, 1.165) is 36.3 Å². The first-order valence-electron chi connectivity index (χ1n) is 10.6. The van der Waals surface area contributed by atoms with E-state index in [1.54, 1.807) is 7.11 Å². The van der Waals surface area contributed by atoms with E-state index < -0.39 is 0 Å². The zero-order valence-electron chi connectivity index (χ0n) is 18.0. The van der Waals surface area contributed by atoms with Gasteiger partial charge in [0.05, 0.1) is 13.2 Å². The van der Waals surface area contributed by atoms with Gasteiger partial charge in [0, 0.05) is 31.1 Å². The Kier molecular flexibility index (Phi) is 7.33. The summed E-state index contributed by atoms with van der Waals surface area (Å²) in [5, 5.41) is 5.95. The van der Waals surface area contributed by atoms with E-state index in [2.05, 4.69) is 16.7 Å². The molecule has 0 radical (unpaired) electrons. The topological polar surface area (TPSA) is 70.7 Å². The molecule has 1 heterocycles. The van der Waals surface area contributed by atoms with E-state index in [4.69, 9.17) is 4.74 Å². The van der Waals surface area contributed by atoms with Crippen molar-refractivity contribution in [2.45, 2.75) is 38.6 Å². The molecule has 30 heavy (non-hydrogen) atoms. The van der Waals surface area contributed by atoms with Crippen LogP contribution in [0.2, 0.25) is 0 Å². The minimum Gasteiger partial charge on any atom is -0.497 e. The molecule has 6 nitrogen and oxygen atoms in total. The number of hydrogen-bond acceptors (Lipinski definition) is 3. The fourth-order valence-electron chi connectivity index (χ4n) is 3.89. The Bertz CT molecular complexity index is 866. The summed E-state index contributed by atoms with van der Waals surface area (Å²) in [7, 11) is 1.63. The summed E-state index contributed by atoms with van der Waals surface area (Å²) in [5.74, 6) is 0.934. The van der Waals surface area contributed by atoms with Crippen LogP contribution in [0.15, 0.2) is 48.5 Å². The molecule has 6 heteroatoms. The van der Waals surface area contributed by atoms with Crippen molar-refractivity contribution in [3.05, 3.63) is 65.2 Å². The van der Waals surface area contributed by atoms with Crippen LogP contribution in [0.1, 0.15) is 60.1 Å². The predicted molar refractivity (Wildman–Crippen MR) is 118 cm³/mol. The molecule has 0 spiro atoms. The first-order valence-corrected chi connectivity index (χ1v) is 10.6. The van der Waals surface area contributed by atoms with Gasteiger partial charge in [-0.15, -0.1) is 0 Å². The molecule has 2 atom stereocenters. The molecule has 2 aromatic carbocycles. The number of methoxy groups -OCH3 is 1. The number of amides is 3. The van der Waals surface area contributed by atoms with Crippen molar-refractivity contribution in [2.75, 3.05) is 26.7 Å². The number of piperidine rings is 1. The van der Waals surface area contributed by atoms with Gasteiger partial charge in [-0.25, -0.2) is 4.79 Å². The summed E-state index contributed by atoms with van der Waals surface area (Å²) in [6, 6.07) is 15.3. The highest BCUT2D eigenvalue weighted by molar-refractivity contribution is 5.94. The Hall–Kier alpha value is -3.02. The molecule has 3 amide bonds. The number of nitrogens with one attached hydrogen (secondary N) is 2. The van der Waals surface area contributed by atoms with E-state index in [-0.39, 0.29) is 23.9 Å². The maximum absolute atomic E-state index is 12.8. The fourth-order valence-corrected chi connectivity index (χ4v) is 3.89. The number of rotatable bonds is 6. The van der Waals surface area contributed by atoms with Gasteiger partial charge in [-0.2, -0.15) is 0 Å². The van der Waals surface area contributed by atoms with E-state index in [1.165, 1.54) is 0 Å². The van der Waals surface area contributed by atoms with Gasteiger partial charge in [0.1, 0.15) is 5.75 Å². The van der Waals surface area contributed by atoms with Crippen molar-refractivity contribution in [3.8, 4) is 5.75 Å². The molecule has 1 aliphatic rings. The van der Waals surface area contributed by atoms with Crippen molar-refractivity contribution >= 4 is 11.9 Å². The monoisotopic (exact) mass is 409 g/mol. The van der Waals surface area contributed by atoms with Crippen LogP contribution >= 0.6 is 0 Å². The van der Waals surface area contributed by atoms with Crippen molar-refractivity contribution in [2.24, 2.45) is 0 Å². The second kappa shape index (κ2) is 10.1. The summed E-state index contributed by atoms with van der Waals surface area (Å²) in [5.41, 5.74) is 2.77. The van der Waals surface area contributed by atoms with Gasteiger partial charge in [-0.05, 0) is 62.1 Å². The number of carbonyl (C=O) groups is 2. The van der Waals surface area contributed by atoms with Gasteiger partial charge in [0.15, 0.2) is 0 Å². The largest absolute Gasteiger partial charge is 0.497 e. The molecule has 1 fully saturated rings. The molecule has 0 bridgehead atoms. The third-order valence-corrected chi connectivity index (χ3v) is 5.62. The number of urea groups is 1. The first kappa shape index (κ1) is 21.7. The lowest BCUT2D eigenvalue weighted by atomic mass is 9.89. The highest BCUT2D eigenvalue weighted by Crippen LogP contribution is 2.28. The highest BCUT2D eigenvalue weighted by Gasteiger charge is 2.25. The molecule has 1 aliphatic heterocycles. The van der Waals surface area contributed by atoms with Gasteiger partial charge in [0.25, 0.3) is 5.91 Å². The van der Waals surface area contributed by atoms with Crippen LogP contribution in [-0.4, -0.2) is 43.6 Å². The number of carbonyl (C=O) groups excluding carboxylic acids is 2. The molecule has 0 saturated carbocycles. The molecular formula is C24H31N3O3. The molecule has 1 saturated heterocycles. The molecule has 0 unspecified atom stereocenters. The second-order valence-electron chi connectivity index (χ2n) is 7.71. The average Bonchev–Trinajstić information content (AvgIpc) is 2.79. The van der Waals surface area contributed by atoms with Crippen LogP contribution in [0, 0.1) is 0 Å². The summed E-state index contributed by atoms with van der Waals surface area (Å²) >= 11 is 0. The zero-order valence-corrected chi connectivity index (χ0v) is 18.0. The Labute approximate surface area is 178 Å². The maximum atomic E-state index is 12.8. The van der Waals surface area contributed by atoms with Crippen LogP contribution < -0.4 is 15.4 Å². The molecule has 2 aromatic rings. The molecule has 3 rings (SSSR count). The van der Waals surface area contributed by atoms with E-state index in [1.807, 2.05) is 61.2 Å². The van der Waals surface area contributed by atoms with Gasteiger partial charge in [0.2, 0.25) is 0 Å². The second-order valence-corrected chi connectivity index (χ2v) is 7.71. The minimum atomic E-state index is -0.116. The van der Waals surface area contributed by atoms with Crippen LogP contribution in [-0.2, 0) is 0 Å². The highest BCUT2D eigenvalue weighted by atomic mass is 16.5. The third kappa shape index (κ3) is 5.32. The number of nitrogens with zero attached hydrogens (tertiary/aromatic N) is 1. The molecule has 0 aliphatic carbocycles. The fraction of sp³-hybridized carbons (Fsp3) is 0.417. The Balaban J connectivity index is 1.66. The lowest BCUT2D eigenvalue weighted by molar-refractivity contribution is 0.0939. The first-order chi connectivity index (χ1) is 14.5. The van der Waals surface area contributed by atoms with Crippen LogP contribution in [0.5, 0.6) is 5.75 Å². The maximum Gasteiger partial charge on any atom is 0.317 e. The average molecular weight is 410 g/mol. The predicted octanol–water partition coefficient (Wildman–Crippen LogP) is 4.10. The van der Waals surface area contributed by atoms with Crippen molar-refractivity contribution in [3.63, 3.8) is 0 Å². The Morgan fingerprint density at radius 1 is 1.20 bits per heavy atom. The van der Waals surface area contributed by atoms with Gasteiger partial charge >= 0.3 is 6.03 Å². The van der Waals surface area contributed by atoms with Crippen LogP contribution in [0.25, 0.3) is 0 Å². The summed E-state index contributed by atoms with van der Waals surface area (Å²) in [6.07, 6.45) is 1.98. The standard InChI is InChI=1S/C24H31N3O3/c1-4-25-24(29)27-14-6-9-21(16-27)19-7-5-8-20(15-19)23(28)26-17(2)18-10-12-22(30-3)13-11-18/h5,7-8,10-13,15,17,21H,4,6,9,14,16H2,1-3H3,(H,25,29)(H,26,28)/t17-,21+/m1/s1. The lowest BCUT2D eigenvalue weighted by Gasteiger charge is -2.33. The van der Waals surface area contributed by atoms with Crippen LogP contribution in [0.4, 0.5) is 4.79 Å². The summed E-state index contributed by atoms with van der Waals surface area (Å²) in [6.45, 7) is 5.98. The van der Waals surface area contributed by atoms with Crippen LogP contribution in [0.3, 0.4) is 0 Å². The smallest absolute Gasteiger partial charge is 0.317 e. The van der Waals surface area contributed by atoms with Crippen molar-refractivity contribution in [1.29, 1.82) is 0 Å². The normalized spacial score (nSPS) is 17.2. The van der Waals surface area contributed by atoms with Gasteiger partial charge < -0.3 is 20.3 Å². The van der Waals surface area contributed by atoms with E-state index >= 15 is 0 Å². The molecular weight excluding hydrogens is 378 g/mol. The zero-order chi connectivity index (χ0) is 21.5. The van der Waals surface area contributed by atoms with E-state index in [9.17, 15) is 9.59 Å². The Morgan fingerprint density at radius 3 is 2.67 bits per heavy atom. The molecule has 0 aromatic heterocycles. The van der Waals surface area contributed by atoms with Gasteiger partial charge in [-0.3, -0.25) is 4.79 Å². The lowest BCUT2D eigenvalue weighted by Crippen LogP contribution is -2.44. The third-order valence-electron chi connectivity index (χ3n) is 5.62.